The molecule has 0 saturated heterocycles. The SMILES string of the molecule is C/C=C/C1=CC2=C/C(=O)c3cc(OC)c(OCCCOc4cc5c(cc4OC)C(=O)N4C=C(/C=C/C)C[C@H]4C=N5)cc3N=C[C@@H]\2C1. The summed E-state index contributed by atoms with van der Waals surface area (Å²) >= 11 is 0. The van der Waals surface area contributed by atoms with Crippen LogP contribution in [0.3, 0.4) is 0 Å². The molecule has 0 fully saturated rings. The smallest absolute Gasteiger partial charge is 0.260 e. The summed E-state index contributed by atoms with van der Waals surface area (Å²) in [5.41, 5.74) is 5.24. The maximum absolute atomic E-state index is 13.4. The van der Waals surface area contributed by atoms with Gasteiger partial charge in [0.2, 0.25) is 0 Å². The molecule has 1 amide bonds. The summed E-state index contributed by atoms with van der Waals surface area (Å²) in [7, 11) is 3.09. The fourth-order valence-corrected chi connectivity index (χ4v) is 6.05. The van der Waals surface area contributed by atoms with Crippen molar-refractivity contribution in [1.82, 2.24) is 4.90 Å². The van der Waals surface area contributed by atoms with Crippen molar-refractivity contribution in [2.24, 2.45) is 15.9 Å². The average Bonchev–Trinajstić information content (AvgIpc) is 3.61. The van der Waals surface area contributed by atoms with Gasteiger partial charge in [0, 0.05) is 43.1 Å². The average molecular weight is 620 g/mol. The molecule has 9 nitrogen and oxygen atoms in total. The number of rotatable bonds is 10. The second kappa shape index (κ2) is 13.4. The number of ether oxygens (including phenoxy) is 4. The van der Waals surface area contributed by atoms with Gasteiger partial charge in [-0.3, -0.25) is 19.6 Å². The van der Waals surface area contributed by atoms with Crippen molar-refractivity contribution in [1.29, 1.82) is 0 Å². The van der Waals surface area contributed by atoms with Gasteiger partial charge in [0.25, 0.3) is 5.91 Å². The molecule has 236 valence electrons. The van der Waals surface area contributed by atoms with Crippen LogP contribution in [-0.4, -0.2) is 62.5 Å². The second-order valence-electron chi connectivity index (χ2n) is 11.4. The van der Waals surface area contributed by atoms with Gasteiger partial charge in [-0.15, -0.1) is 0 Å². The summed E-state index contributed by atoms with van der Waals surface area (Å²) in [6.45, 7) is 4.60. The minimum atomic E-state index is -0.124. The third-order valence-electron chi connectivity index (χ3n) is 8.28. The lowest BCUT2D eigenvalue weighted by Crippen LogP contribution is -2.32. The van der Waals surface area contributed by atoms with Crippen molar-refractivity contribution >= 4 is 35.5 Å². The van der Waals surface area contributed by atoms with Crippen molar-refractivity contribution in [3.8, 4) is 23.0 Å². The first-order valence-corrected chi connectivity index (χ1v) is 15.5. The van der Waals surface area contributed by atoms with Crippen LogP contribution in [0.1, 0.15) is 53.8 Å². The Morgan fingerprint density at radius 2 is 1.41 bits per heavy atom. The number of ketones is 1. The summed E-state index contributed by atoms with van der Waals surface area (Å²) in [5.74, 6) is 1.73. The number of benzene rings is 2. The fraction of sp³-hybridized carbons (Fsp3) is 0.297. The Kier molecular flexibility index (Phi) is 9.01. The zero-order valence-corrected chi connectivity index (χ0v) is 26.5. The molecule has 0 spiro atoms. The fourth-order valence-electron chi connectivity index (χ4n) is 6.05. The molecule has 0 bridgehead atoms. The summed E-state index contributed by atoms with van der Waals surface area (Å²) in [4.78, 5) is 37.6. The Hall–Kier alpha value is -5.18. The Labute approximate surface area is 268 Å². The van der Waals surface area contributed by atoms with Crippen LogP contribution in [0.5, 0.6) is 23.0 Å². The lowest BCUT2D eigenvalue weighted by Gasteiger charge is -2.19. The number of fused-ring (bicyclic) bond motifs is 4. The normalized spacial score (nSPS) is 21.0. The third kappa shape index (κ3) is 6.18. The molecule has 2 atom stereocenters. The molecule has 1 aliphatic carbocycles. The van der Waals surface area contributed by atoms with Crippen LogP contribution < -0.4 is 18.9 Å². The number of hydrogen-bond donors (Lipinski definition) is 0. The van der Waals surface area contributed by atoms with Gasteiger partial charge >= 0.3 is 0 Å². The first kappa shape index (κ1) is 30.8. The van der Waals surface area contributed by atoms with Crippen LogP contribution in [-0.2, 0) is 0 Å². The first-order chi connectivity index (χ1) is 22.4. The molecular formula is C37H37N3O6. The number of hydrogen-bond acceptors (Lipinski definition) is 8. The standard InChI is InChI=1S/C37H37N3O6/c1-5-8-23-12-25-15-32(41)28-16-33(43-3)35(18-30(28)38-20-26(25)13-23)45-10-7-11-46-36-19-31-29(17-34(36)44-4)37(42)40-22-24(9-6-2)14-27(40)21-39-31/h5-6,8-9,12,15-22,26-27H,7,10-11,13-14H2,1-4H3/b8-5+,9-6+,25-15-,38-20?/t26-,27-/m0/s1. The van der Waals surface area contributed by atoms with Crippen LogP contribution >= 0.6 is 0 Å². The van der Waals surface area contributed by atoms with E-state index in [2.05, 4.69) is 22.1 Å². The summed E-state index contributed by atoms with van der Waals surface area (Å²) in [5, 5.41) is 0. The van der Waals surface area contributed by atoms with Gasteiger partial charge in [-0.25, -0.2) is 0 Å². The van der Waals surface area contributed by atoms with Gasteiger partial charge in [-0.05, 0) is 61.6 Å². The maximum atomic E-state index is 13.4. The number of amides is 1. The predicted molar refractivity (Wildman–Crippen MR) is 179 cm³/mol. The first-order valence-electron chi connectivity index (χ1n) is 15.5. The van der Waals surface area contributed by atoms with Crippen LogP contribution in [0.2, 0.25) is 0 Å². The number of carbonyl (C=O) groups excluding carboxylic acids is 2. The second-order valence-corrected chi connectivity index (χ2v) is 11.4. The number of methoxy groups -OCH3 is 2. The van der Waals surface area contributed by atoms with Crippen molar-refractivity contribution < 1.29 is 28.5 Å². The topological polar surface area (TPSA) is 99.0 Å². The highest BCUT2D eigenvalue weighted by Gasteiger charge is 2.32. The van der Waals surface area contributed by atoms with E-state index in [0.717, 1.165) is 24.0 Å². The zero-order valence-electron chi connectivity index (χ0n) is 26.5. The van der Waals surface area contributed by atoms with E-state index in [1.165, 1.54) is 5.57 Å². The van der Waals surface area contributed by atoms with Gasteiger partial charge < -0.3 is 23.8 Å². The Morgan fingerprint density at radius 3 is 2.09 bits per heavy atom. The molecule has 3 heterocycles. The number of allylic oxidation sites excluding steroid dienone is 8. The van der Waals surface area contributed by atoms with Gasteiger partial charge in [-0.2, -0.15) is 0 Å². The lowest BCUT2D eigenvalue weighted by molar-refractivity contribution is 0.0817. The van der Waals surface area contributed by atoms with Gasteiger partial charge in [0.15, 0.2) is 28.8 Å². The Balaban J connectivity index is 1.11. The van der Waals surface area contributed by atoms with Crippen molar-refractivity contribution in [3.63, 3.8) is 0 Å². The van der Waals surface area contributed by atoms with Crippen molar-refractivity contribution in [3.05, 3.63) is 94.8 Å². The lowest BCUT2D eigenvalue weighted by atomic mass is 9.97. The third-order valence-corrected chi connectivity index (χ3v) is 8.28. The van der Waals surface area contributed by atoms with Crippen LogP contribution in [0.4, 0.5) is 11.4 Å². The molecule has 2 aromatic carbocycles. The molecule has 46 heavy (non-hydrogen) atoms. The summed E-state index contributed by atoms with van der Waals surface area (Å²) < 4.78 is 23.3. The minimum absolute atomic E-state index is 0.0609. The van der Waals surface area contributed by atoms with Crippen molar-refractivity contribution in [2.45, 2.75) is 39.2 Å². The number of aliphatic imine (C=N–C) groups is 2. The highest BCUT2D eigenvalue weighted by molar-refractivity contribution is 6.10. The maximum Gasteiger partial charge on any atom is 0.260 e. The van der Waals surface area contributed by atoms with E-state index < -0.39 is 0 Å². The van der Waals surface area contributed by atoms with Gasteiger partial charge in [-0.1, -0.05) is 30.4 Å². The van der Waals surface area contributed by atoms with Crippen LogP contribution in [0.25, 0.3) is 0 Å². The molecule has 0 saturated carbocycles. The molecular weight excluding hydrogens is 582 g/mol. The van der Waals surface area contributed by atoms with E-state index >= 15 is 0 Å². The molecule has 6 rings (SSSR count). The van der Waals surface area contributed by atoms with E-state index in [9.17, 15) is 9.59 Å². The highest BCUT2D eigenvalue weighted by atomic mass is 16.5. The van der Waals surface area contributed by atoms with E-state index in [1.807, 2.05) is 50.7 Å². The highest BCUT2D eigenvalue weighted by Crippen LogP contribution is 2.40. The molecule has 0 N–H and O–H groups in total. The predicted octanol–water partition coefficient (Wildman–Crippen LogP) is 7.29. The Morgan fingerprint density at radius 1 is 0.783 bits per heavy atom. The minimum Gasteiger partial charge on any atom is -0.493 e. The molecule has 3 aliphatic heterocycles. The van der Waals surface area contributed by atoms with E-state index in [-0.39, 0.29) is 23.7 Å². The quantitative estimate of drug-likeness (QED) is 0.259. The molecule has 0 radical (unpaired) electrons. The number of carbonyl (C=O) groups is 2. The van der Waals surface area contributed by atoms with E-state index in [1.54, 1.807) is 49.5 Å². The largest absolute Gasteiger partial charge is 0.493 e. The van der Waals surface area contributed by atoms with Gasteiger partial charge in [0.05, 0.1) is 56.0 Å². The van der Waals surface area contributed by atoms with Crippen LogP contribution in [0, 0.1) is 5.92 Å². The Bertz CT molecular complexity index is 1780. The van der Waals surface area contributed by atoms with Crippen LogP contribution in [0.15, 0.2) is 93.6 Å². The molecule has 2 aromatic rings. The monoisotopic (exact) mass is 619 g/mol. The summed E-state index contributed by atoms with van der Waals surface area (Å²) in [6.07, 6.45) is 19.5. The number of nitrogens with zero attached hydrogens (tertiary/aromatic N) is 3. The zero-order chi connectivity index (χ0) is 32.2. The molecule has 4 aliphatic rings. The molecule has 0 aromatic heterocycles. The van der Waals surface area contributed by atoms with E-state index in [4.69, 9.17) is 18.9 Å². The molecule has 9 heteroatoms. The van der Waals surface area contributed by atoms with Crippen molar-refractivity contribution in [2.75, 3.05) is 27.4 Å². The summed E-state index contributed by atoms with van der Waals surface area (Å²) in [6, 6.07) is 6.76. The van der Waals surface area contributed by atoms with Gasteiger partial charge in [0.1, 0.15) is 0 Å². The molecule has 0 unspecified atom stereocenters. The van der Waals surface area contributed by atoms with E-state index in [0.29, 0.717) is 65.1 Å².